The number of pyridine rings is 1. The maximum Gasteiger partial charge on any atom is 0.433 e. The van der Waals surface area contributed by atoms with Gasteiger partial charge in [-0.2, -0.15) is 13.2 Å². The smallest absolute Gasteiger partial charge is 0.433 e. The lowest BCUT2D eigenvalue weighted by atomic mass is 10.2. The zero-order chi connectivity index (χ0) is 14.0. The van der Waals surface area contributed by atoms with Crippen molar-refractivity contribution >= 4 is 5.69 Å². The van der Waals surface area contributed by atoms with Crippen LogP contribution in [0, 0.1) is 6.92 Å². The average molecular weight is 270 g/mol. The molecule has 0 amide bonds. The number of furan rings is 1. The molecule has 1 N–H and O–H groups in total. The largest absolute Gasteiger partial charge is 0.464 e. The Morgan fingerprint density at radius 1 is 1.21 bits per heavy atom. The van der Waals surface area contributed by atoms with Gasteiger partial charge in [-0.1, -0.05) is 0 Å². The summed E-state index contributed by atoms with van der Waals surface area (Å²) in [4.78, 5) is 3.38. The summed E-state index contributed by atoms with van der Waals surface area (Å²) >= 11 is 0. The number of hydrogen-bond donors (Lipinski definition) is 1. The standard InChI is InChI=1S/C13H13F3N2O/c1-8-3-5-11(19-8)9(2)18-10-4-6-12(17-7-10)13(14,15)16/h3-7,9,18H,1-2H3. The fraction of sp³-hybridized carbons (Fsp3) is 0.308. The Morgan fingerprint density at radius 3 is 2.42 bits per heavy atom. The molecule has 0 saturated heterocycles. The summed E-state index contributed by atoms with van der Waals surface area (Å²) in [5.41, 5.74) is -0.394. The fourth-order valence-electron chi connectivity index (χ4n) is 1.65. The van der Waals surface area contributed by atoms with E-state index in [0.717, 1.165) is 23.8 Å². The van der Waals surface area contributed by atoms with Crippen molar-refractivity contribution in [2.75, 3.05) is 5.32 Å². The van der Waals surface area contributed by atoms with Gasteiger partial charge in [-0.05, 0) is 38.1 Å². The molecule has 0 aliphatic rings. The highest BCUT2D eigenvalue weighted by Gasteiger charge is 2.32. The molecule has 2 aromatic rings. The van der Waals surface area contributed by atoms with Crippen LogP contribution in [0.4, 0.5) is 18.9 Å². The van der Waals surface area contributed by atoms with Crippen molar-refractivity contribution in [3.63, 3.8) is 0 Å². The Bertz CT molecular complexity index is 546. The summed E-state index contributed by atoms with van der Waals surface area (Å²) in [5.74, 6) is 1.51. The van der Waals surface area contributed by atoms with Gasteiger partial charge in [0, 0.05) is 0 Å². The lowest BCUT2D eigenvalue weighted by Crippen LogP contribution is -2.09. The summed E-state index contributed by atoms with van der Waals surface area (Å²) < 4.78 is 42.5. The second-order valence-electron chi connectivity index (χ2n) is 4.24. The second-order valence-corrected chi connectivity index (χ2v) is 4.24. The topological polar surface area (TPSA) is 38.1 Å². The maximum atomic E-state index is 12.4. The monoisotopic (exact) mass is 270 g/mol. The number of hydrogen-bond acceptors (Lipinski definition) is 3. The van der Waals surface area contributed by atoms with E-state index in [4.69, 9.17) is 4.42 Å². The van der Waals surface area contributed by atoms with Crippen molar-refractivity contribution in [3.05, 3.63) is 47.7 Å². The van der Waals surface area contributed by atoms with Gasteiger partial charge in [-0.3, -0.25) is 0 Å². The number of aryl methyl sites for hydroxylation is 1. The van der Waals surface area contributed by atoms with Crippen LogP contribution in [-0.4, -0.2) is 4.98 Å². The van der Waals surface area contributed by atoms with Gasteiger partial charge in [0.2, 0.25) is 0 Å². The number of alkyl halides is 3. The lowest BCUT2D eigenvalue weighted by Gasteiger charge is -2.13. The van der Waals surface area contributed by atoms with E-state index in [1.165, 1.54) is 6.07 Å². The highest BCUT2D eigenvalue weighted by molar-refractivity contribution is 5.43. The third-order valence-corrected chi connectivity index (χ3v) is 2.63. The normalized spacial score (nSPS) is 13.3. The third kappa shape index (κ3) is 3.27. The summed E-state index contributed by atoms with van der Waals surface area (Å²) in [7, 11) is 0. The molecule has 0 bridgehead atoms. The molecule has 0 aliphatic carbocycles. The van der Waals surface area contributed by atoms with Crippen molar-refractivity contribution in [2.24, 2.45) is 0 Å². The zero-order valence-electron chi connectivity index (χ0n) is 10.5. The maximum absolute atomic E-state index is 12.4. The van der Waals surface area contributed by atoms with E-state index in [-0.39, 0.29) is 6.04 Å². The summed E-state index contributed by atoms with van der Waals surface area (Å²) in [5, 5.41) is 3.03. The number of halogens is 3. The molecule has 0 fully saturated rings. The number of aromatic nitrogens is 1. The lowest BCUT2D eigenvalue weighted by molar-refractivity contribution is -0.141. The van der Waals surface area contributed by atoms with E-state index in [1.54, 1.807) is 0 Å². The number of nitrogens with zero attached hydrogens (tertiary/aromatic N) is 1. The fourth-order valence-corrected chi connectivity index (χ4v) is 1.65. The van der Waals surface area contributed by atoms with Gasteiger partial charge < -0.3 is 9.73 Å². The van der Waals surface area contributed by atoms with Crippen molar-refractivity contribution in [1.82, 2.24) is 4.98 Å². The van der Waals surface area contributed by atoms with Crippen molar-refractivity contribution in [2.45, 2.75) is 26.1 Å². The van der Waals surface area contributed by atoms with Crippen LogP contribution in [0.5, 0.6) is 0 Å². The van der Waals surface area contributed by atoms with E-state index < -0.39 is 11.9 Å². The van der Waals surface area contributed by atoms with Crippen LogP contribution >= 0.6 is 0 Å². The summed E-state index contributed by atoms with van der Waals surface area (Å²) in [6, 6.07) is 5.81. The minimum Gasteiger partial charge on any atom is -0.464 e. The Kier molecular flexibility index (Phi) is 3.50. The first-order chi connectivity index (χ1) is 8.86. The number of rotatable bonds is 3. The van der Waals surface area contributed by atoms with E-state index in [1.807, 2.05) is 26.0 Å². The van der Waals surface area contributed by atoms with Crippen molar-refractivity contribution in [1.29, 1.82) is 0 Å². The first-order valence-corrected chi connectivity index (χ1v) is 5.72. The molecule has 0 aliphatic heterocycles. The highest BCUT2D eigenvalue weighted by Crippen LogP contribution is 2.28. The van der Waals surface area contributed by atoms with E-state index >= 15 is 0 Å². The first kappa shape index (κ1) is 13.5. The van der Waals surface area contributed by atoms with Crippen LogP contribution in [0.2, 0.25) is 0 Å². The Balaban J connectivity index is 2.07. The van der Waals surface area contributed by atoms with Crippen LogP contribution in [0.15, 0.2) is 34.9 Å². The molecule has 3 nitrogen and oxygen atoms in total. The van der Waals surface area contributed by atoms with Crippen LogP contribution in [0.25, 0.3) is 0 Å². The van der Waals surface area contributed by atoms with Gasteiger partial charge in [0.1, 0.15) is 17.2 Å². The molecule has 1 unspecified atom stereocenters. The molecule has 0 spiro atoms. The van der Waals surface area contributed by atoms with Gasteiger partial charge in [-0.15, -0.1) is 0 Å². The predicted molar refractivity (Wildman–Crippen MR) is 64.7 cm³/mol. The third-order valence-electron chi connectivity index (χ3n) is 2.63. The van der Waals surface area contributed by atoms with Gasteiger partial charge in [0.05, 0.1) is 17.9 Å². The van der Waals surface area contributed by atoms with Gasteiger partial charge in [-0.25, -0.2) is 4.98 Å². The molecule has 19 heavy (non-hydrogen) atoms. The van der Waals surface area contributed by atoms with Gasteiger partial charge >= 0.3 is 6.18 Å². The van der Waals surface area contributed by atoms with E-state index in [0.29, 0.717) is 5.69 Å². The minimum atomic E-state index is -4.41. The van der Waals surface area contributed by atoms with Gasteiger partial charge in [0.15, 0.2) is 0 Å². The molecule has 0 aromatic carbocycles. The summed E-state index contributed by atoms with van der Waals surface area (Å²) in [6.07, 6.45) is -3.25. The molecule has 2 aromatic heterocycles. The van der Waals surface area contributed by atoms with Gasteiger partial charge in [0.25, 0.3) is 0 Å². The van der Waals surface area contributed by atoms with Crippen molar-refractivity contribution < 1.29 is 17.6 Å². The molecule has 0 radical (unpaired) electrons. The molecule has 6 heteroatoms. The second kappa shape index (κ2) is 4.95. The molecular formula is C13H13F3N2O. The molecule has 102 valence electrons. The molecule has 1 atom stereocenters. The quantitative estimate of drug-likeness (QED) is 0.909. The van der Waals surface area contributed by atoms with Crippen LogP contribution < -0.4 is 5.32 Å². The van der Waals surface area contributed by atoms with Crippen LogP contribution in [0.3, 0.4) is 0 Å². The van der Waals surface area contributed by atoms with Crippen LogP contribution in [0.1, 0.15) is 30.2 Å². The van der Waals surface area contributed by atoms with E-state index in [9.17, 15) is 13.2 Å². The Morgan fingerprint density at radius 2 is 1.95 bits per heavy atom. The molecule has 0 saturated carbocycles. The Labute approximate surface area is 108 Å². The molecular weight excluding hydrogens is 257 g/mol. The zero-order valence-corrected chi connectivity index (χ0v) is 10.5. The average Bonchev–Trinajstić information content (AvgIpc) is 2.75. The minimum absolute atomic E-state index is 0.146. The molecule has 2 heterocycles. The number of nitrogens with one attached hydrogen (secondary N) is 1. The van der Waals surface area contributed by atoms with Crippen LogP contribution in [-0.2, 0) is 6.18 Å². The SMILES string of the molecule is Cc1ccc(C(C)Nc2ccc(C(F)(F)F)nc2)o1. The predicted octanol–water partition coefficient (Wildman–Crippen LogP) is 4.17. The summed E-state index contributed by atoms with van der Waals surface area (Å²) in [6.45, 7) is 3.69. The van der Waals surface area contributed by atoms with Crippen molar-refractivity contribution in [3.8, 4) is 0 Å². The van der Waals surface area contributed by atoms with E-state index in [2.05, 4.69) is 10.3 Å². The first-order valence-electron chi connectivity index (χ1n) is 5.72. The Hall–Kier alpha value is -1.98. The number of anilines is 1. The molecule has 2 rings (SSSR count). The highest BCUT2D eigenvalue weighted by atomic mass is 19.4.